The molecule has 0 fully saturated rings. The van der Waals surface area contributed by atoms with Crippen molar-refractivity contribution in [3.05, 3.63) is 69.2 Å². The van der Waals surface area contributed by atoms with Gasteiger partial charge in [0.25, 0.3) is 0 Å². The van der Waals surface area contributed by atoms with E-state index in [-0.39, 0.29) is 40.9 Å². The zero-order chi connectivity index (χ0) is 14.3. The number of rotatable bonds is 1. The van der Waals surface area contributed by atoms with Crippen molar-refractivity contribution in [1.29, 1.82) is 0 Å². The van der Waals surface area contributed by atoms with E-state index < -0.39 is 5.97 Å². The summed E-state index contributed by atoms with van der Waals surface area (Å²) in [6.07, 6.45) is 1.43. The van der Waals surface area contributed by atoms with E-state index in [0.29, 0.717) is 22.6 Å². The van der Waals surface area contributed by atoms with Crippen molar-refractivity contribution in [1.82, 2.24) is 0 Å². The predicted octanol–water partition coefficient (Wildman–Crippen LogP) is -0.963. The number of hydrogen-bond acceptors (Lipinski definition) is 3. The van der Waals surface area contributed by atoms with Crippen molar-refractivity contribution in [3.8, 4) is 0 Å². The Balaban J connectivity index is 0.00000161. The molecule has 0 atom stereocenters. The Morgan fingerprint density at radius 2 is 1.57 bits per heavy atom. The summed E-state index contributed by atoms with van der Waals surface area (Å²) >= 11 is 5.95. The van der Waals surface area contributed by atoms with Crippen LogP contribution in [0.4, 0.5) is 0 Å². The molecule has 1 aliphatic rings. The Labute approximate surface area is 149 Å². The molecule has 2 aromatic rings. The van der Waals surface area contributed by atoms with Gasteiger partial charge in [0, 0.05) is 16.1 Å². The Kier molecular flexibility index (Phi) is 4.89. The van der Waals surface area contributed by atoms with Crippen LogP contribution >= 0.6 is 11.6 Å². The molecule has 3 rings (SSSR count). The fraction of sp³-hybridized carbons (Fsp3) is 0.125. The Bertz CT molecular complexity index is 740. The number of carbonyl (C=O) groups is 2. The number of carboxylic acid groups (broad SMARTS) is 1. The molecule has 0 saturated heterocycles. The normalized spacial score (nSPS) is 12.7. The van der Waals surface area contributed by atoms with Crippen molar-refractivity contribution in [2.24, 2.45) is 0 Å². The smallest absolute Gasteiger partial charge is 0.545 e. The van der Waals surface area contributed by atoms with Gasteiger partial charge < -0.3 is 9.90 Å². The van der Waals surface area contributed by atoms with Crippen LogP contribution in [0, 0.1) is 0 Å². The maximum Gasteiger partial charge on any atom is 1.00 e. The monoisotopic (exact) mass is 308 g/mol. The molecule has 0 aromatic heterocycles. The second-order valence-electron chi connectivity index (χ2n) is 4.79. The Morgan fingerprint density at radius 1 is 1.00 bits per heavy atom. The number of benzene rings is 2. The van der Waals surface area contributed by atoms with Gasteiger partial charge >= 0.3 is 29.6 Å². The topological polar surface area (TPSA) is 57.2 Å². The summed E-state index contributed by atoms with van der Waals surface area (Å²) in [7, 11) is 0. The number of carboxylic acids is 1. The zero-order valence-corrected chi connectivity index (χ0v) is 14.2. The number of aromatic carboxylic acids is 1. The van der Waals surface area contributed by atoms with E-state index in [1.807, 2.05) is 6.07 Å². The predicted molar refractivity (Wildman–Crippen MR) is 73.1 cm³/mol. The SMILES string of the molecule is O=C([O-])c1ccc2c(c1)C(=O)c1cc(Cl)ccc1CC2.[Na+]. The number of ketones is 1. The number of aryl methyl sites for hydroxylation is 2. The molecule has 3 nitrogen and oxygen atoms in total. The van der Waals surface area contributed by atoms with Gasteiger partial charge in [0.1, 0.15) is 0 Å². The van der Waals surface area contributed by atoms with Crippen molar-refractivity contribution in [2.75, 3.05) is 0 Å². The van der Waals surface area contributed by atoms with Crippen LogP contribution in [0.15, 0.2) is 36.4 Å². The van der Waals surface area contributed by atoms with Gasteiger partial charge in [0.2, 0.25) is 0 Å². The van der Waals surface area contributed by atoms with Crippen LogP contribution in [0.2, 0.25) is 5.02 Å². The fourth-order valence-electron chi connectivity index (χ4n) is 2.53. The Hall–Kier alpha value is -1.13. The van der Waals surface area contributed by atoms with Crippen LogP contribution in [-0.4, -0.2) is 11.8 Å². The zero-order valence-electron chi connectivity index (χ0n) is 11.5. The summed E-state index contributed by atoms with van der Waals surface area (Å²) in [5.74, 6) is -1.46. The molecule has 1 aliphatic carbocycles. The molecular weight excluding hydrogens is 299 g/mol. The number of hydrogen-bond donors (Lipinski definition) is 0. The van der Waals surface area contributed by atoms with E-state index in [2.05, 4.69) is 0 Å². The van der Waals surface area contributed by atoms with E-state index in [1.165, 1.54) is 12.1 Å². The average molecular weight is 309 g/mol. The summed E-state index contributed by atoms with van der Waals surface area (Å²) in [6.45, 7) is 0. The van der Waals surface area contributed by atoms with Gasteiger partial charge in [-0.15, -0.1) is 0 Å². The minimum Gasteiger partial charge on any atom is -0.545 e. The molecule has 0 radical (unpaired) electrons. The van der Waals surface area contributed by atoms with Crippen LogP contribution in [0.5, 0.6) is 0 Å². The van der Waals surface area contributed by atoms with Crippen LogP contribution in [0.1, 0.15) is 37.4 Å². The van der Waals surface area contributed by atoms with Crippen LogP contribution in [0.25, 0.3) is 0 Å². The molecule has 0 N–H and O–H groups in total. The number of carbonyl (C=O) groups excluding carboxylic acids is 2. The van der Waals surface area contributed by atoms with Gasteiger partial charge in [-0.2, -0.15) is 0 Å². The van der Waals surface area contributed by atoms with Gasteiger partial charge in [-0.1, -0.05) is 29.8 Å². The number of fused-ring (bicyclic) bond motifs is 2. The molecule has 0 spiro atoms. The van der Waals surface area contributed by atoms with Crippen molar-refractivity contribution in [3.63, 3.8) is 0 Å². The summed E-state index contributed by atoms with van der Waals surface area (Å²) < 4.78 is 0. The third-order valence-corrected chi connectivity index (χ3v) is 3.81. The molecule has 21 heavy (non-hydrogen) atoms. The molecule has 2 aromatic carbocycles. The maximum absolute atomic E-state index is 12.6. The van der Waals surface area contributed by atoms with Crippen molar-refractivity contribution >= 4 is 23.4 Å². The van der Waals surface area contributed by atoms with E-state index in [1.54, 1.807) is 18.2 Å². The van der Waals surface area contributed by atoms with Crippen LogP contribution in [0.3, 0.4) is 0 Å². The molecule has 100 valence electrons. The summed E-state index contributed by atoms with van der Waals surface area (Å²) in [4.78, 5) is 23.5. The molecule has 0 unspecified atom stereocenters. The molecule has 0 bridgehead atoms. The number of halogens is 1. The van der Waals surface area contributed by atoms with Crippen LogP contribution in [-0.2, 0) is 12.8 Å². The van der Waals surface area contributed by atoms with Crippen molar-refractivity contribution in [2.45, 2.75) is 12.8 Å². The van der Waals surface area contributed by atoms with Gasteiger partial charge in [-0.25, -0.2) is 0 Å². The molecule has 0 aliphatic heterocycles. The van der Waals surface area contributed by atoms with Gasteiger partial charge in [-0.05, 0) is 47.7 Å². The van der Waals surface area contributed by atoms with E-state index in [0.717, 1.165) is 17.5 Å². The average Bonchev–Trinajstić information content (AvgIpc) is 2.57. The Morgan fingerprint density at radius 3 is 2.19 bits per heavy atom. The summed E-state index contributed by atoms with van der Waals surface area (Å²) in [6, 6.07) is 9.80. The van der Waals surface area contributed by atoms with Gasteiger partial charge in [0.15, 0.2) is 5.78 Å². The van der Waals surface area contributed by atoms with Crippen LogP contribution < -0.4 is 34.7 Å². The summed E-state index contributed by atoms with van der Waals surface area (Å²) in [5, 5.41) is 11.4. The first kappa shape index (κ1) is 16.2. The van der Waals surface area contributed by atoms with Crippen molar-refractivity contribution < 1.29 is 44.3 Å². The largest absolute Gasteiger partial charge is 1.00 e. The maximum atomic E-state index is 12.6. The second kappa shape index (κ2) is 6.32. The third kappa shape index (κ3) is 3.06. The first-order valence-corrected chi connectivity index (χ1v) is 6.61. The molecular formula is C16H10ClNaO3. The first-order valence-electron chi connectivity index (χ1n) is 6.23. The minimum absolute atomic E-state index is 0. The fourth-order valence-corrected chi connectivity index (χ4v) is 2.70. The molecule has 0 heterocycles. The van der Waals surface area contributed by atoms with E-state index in [9.17, 15) is 14.7 Å². The van der Waals surface area contributed by atoms with E-state index in [4.69, 9.17) is 11.6 Å². The van der Waals surface area contributed by atoms with Gasteiger partial charge in [-0.3, -0.25) is 4.79 Å². The van der Waals surface area contributed by atoms with Gasteiger partial charge in [0.05, 0.1) is 5.97 Å². The molecule has 0 amide bonds. The minimum atomic E-state index is -1.28. The standard InChI is InChI=1S/C16H11ClO3.Na/c17-12-6-5-10-2-1-9-3-4-11(16(19)20)7-13(9)15(18)14(10)8-12;/h3-8H,1-2H2,(H,19,20);/q;+1/p-1. The second-order valence-corrected chi connectivity index (χ2v) is 5.23. The third-order valence-electron chi connectivity index (χ3n) is 3.57. The quantitative estimate of drug-likeness (QED) is 0.638. The van der Waals surface area contributed by atoms with E-state index >= 15 is 0 Å². The first-order chi connectivity index (χ1) is 9.56. The summed E-state index contributed by atoms with van der Waals surface area (Å²) in [5.41, 5.74) is 2.78. The molecule has 5 heteroatoms. The molecule has 0 saturated carbocycles.